The van der Waals surface area contributed by atoms with E-state index < -0.39 is 22.5 Å². The van der Waals surface area contributed by atoms with Gasteiger partial charge in [0, 0.05) is 138 Å². The maximum absolute atomic E-state index is 14.0. The number of ketones is 4. The predicted molar refractivity (Wildman–Crippen MR) is 588 cm³/mol. The minimum atomic E-state index is -0.471. The number of rotatable bonds is 20. The molecule has 2 aliphatic heterocycles. The van der Waals surface area contributed by atoms with Gasteiger partial charge in [0.1, 0.15) is 80.9 Å². The standard InChI is InChI=1S/C36H29NO5.C35H27NO5.2C25H16O5.C6H16Si/c1-23-20-31(38)42-35-29(23)14-15-30-33(35)32(25-9-3-2-4-10-25)36(41-30)34(39)26-12-7-13-28(21-26)40-19-18-37-17-16-24-8-5-6-11-27(24)22-37;1-22-18-30(37)41-34-28(22)14-15-29-32(34)31(23-8-3-2-4-9-23)35(40-29)33(38)24-12-7-13-27(19-24)39-17-16-36-20-25-10-5-6-11-26(25)21-36;1-14-12-20(27)30-24-18(14)10-11-19-22(24)21(15-6-3-2-4-7-15)25(29-19)23(28)16-8-5-9-17(26)13-16;1-14-13-20(27)30-24-18(14)11-12-19-22(24)21(15-7-9-17(26)10-8-15)25(29-19)23(28)16-5-3-2-4-6-16;1-6(2,3)7(4)5/h2-15,20-21H,16-19,22H2,1H3;2-15,18-19H,16-17,20-21H2,1H3;2*2-13,26H,1H3;7H,1-5H3. The molecule has 22 nitrogen and oxygen atoms in total. The quantitative estimate of drug-likeness (QED) is 0.0407. The first-order chi connectivity index (χ1) is 72.6. The van der Waals surface area contributed by atoms with Gasteiger partial charge in [0.05, 0.1) is 21.5 Å². The van der Waals surface area contributed by atoms with E-state index in [2.05, 4.69) is 92.2 Å². The first-order valence-electron chi connectivity index (χ1n) is 49.6. The van der Waals surface area contributed by atoms with Crippen LogP contribution in [0.25, 0.3) is 132 Å². The van der Waals surface area contributed by atoms with E-state index in [4.69, 9.17) is 44.8 Å². The molecule has 0 saturated carbocycles. The van der Waals surface area contributed by atoms with Crippen LogP contribution in [0.2, 0.25) is 18.1 Å². The number of carbonyl (C=O) groups is 4. The number of carbonyl (C=O) groups excluding carboxylic acids is 4. The average molecular weight is 2010 g/mol. The first-order valence-corrected chi connectivity index (χ1v) is 52.5. The van der Waals surface area contributed by atoms with Crippen LogP contribution in [0.3, 0.4) is 0 Å². The lowest BCUT2D eigenvalue weighted by atomic mass is 9.96. The Kier molecular flexibility index (Phi) is 28.3. The molecular formula is C127H104N2O20Si. The van der Waals surface area contributed by atoms with Crippen molar-refractivity contribution in [3.05, 3.63) is 471 Å². The van der Waals surface area contributed by atoms with Gasteiger partial charge in [-0.2, -0.15) is 0 Å². The first kappa shape index (κ1) is 99.4. The van der Waals surface area contributed by atoms with E-state index in [9.17, 15) is 48.6 Å². The third kappa shape index (κ3) is 20.8. The van der Waals surface area contributed by atoms with Gasteiger partial charge in [-0.05, 0) is 203 Å². The molecule has 2 N–H and O–H groups in total. The topological polar surface area (TPSA) is 307 Å². The Balaban J connectivity index is 0.000000119. The van der Waals surface area contributed by atoms with Gasteiger partial charge in [-0.25, -0.2) is 19.2 Å². The Labute approximate surface area is 862 Å². The second-order valence-corrected chi connectivity index (χ2v) is 42.9. The second kappa shape index (κ2) is 42.6. The molecule has 2 aliphatic rings. The highest BCUT2D eigenvalue weighted by Crippen LogP contribution is 2.47. The molecule has 10 heterocycles. The normalized spacial score (nSPS) is 12.4. The predicted octanol–water partition coefficient (Wildman–Crippen LogP) is 27.5. The van der Waals surface area contributed by atoms with E-state index in [0.717, 1.165) is 106 Å². The van der Waals surface area contributed by atoms with Crippen LogP contribution in [-0.4, -0.2) is 84.8 Å². The molecular weight excluding hydrogens is 1900 g/mol. The van der Waals surface area contributed by atoms with Crippen molar-refractivity contribution in [2.24, 2.45) is 0 Å². The van der Waals surface area contributed by atoms with Crippen molar-refractivity contribution < 1.29 is 74.2 Å². The molecule has 0 fully saturated rings. The average Bonchev–Trinajstić information content (AvgIpc) is 1.59. The van der Waals surface area contributed by atoms with Gasteiger partial charge < -0.3 is 55.0 Å². The number of benzene rings is 14. The zero-order valence-electron chi connectivity index (χ0n) is 83.9. The summed E-state index contributed by atoms with van der Waals surface area (Å²) >= 11 is 0. The zero-order valence-corrected chi connectivity index (χ0v) is 85.1. The zero-order chi connectivity index (χ0) is 104. The summed E-state index contributed by atoms with van der Waals surface area (Å²) in [6.07, 6.45) is 1.04. The molecule has 0 saturated heterocycles. The molecule has 0 aliphatic carbocycles. The number of ether oxygens (including phenoxy) is 2. The van der Waals surface area contributed by atoms with E-state index in [1.807, 2.05) is 185 Å². The molecule has 0 bridgehead atoms. The largest absolute Gasteiger partial charge is 0.508 e. The van der Waals surface area contributed by atoms with Gasteiger partial charge in [0.25, 0.3) is 0 Å². The Morgan fingerprint density at radius 2 is 0.593 bits per heavy atom. The maximum Gasteiger partial charge on any atom is 0.336 e. The van der Waals surface area contributed by atoms with Gasteiger partial charge in [-0.15, -0.1) is 0 Å². The molecule has 0 spiro atoms. The fraction of sp³-hybridized carbons (Fsp3) is 0.150. The summed E-state index contributed by atoms with van der Waals surface area (Å²) in [6.45, 7) is 25.5. The number of nitrogens with zero attached hydrogens (tertiary/aromatic N) is 2. The van der Waals surface area contributed by atoms with Crippen molar-refractivity contribution in [1.29, 1.82) is 0 Å². The number of fused-ring (bicyclic) bond motifs is 14. The van der Waals surface area contributed by atoms with E-state index in [0.29, 0.717) is 146 Å². The molecule has 0 atom stereocenters. The second-order valence-electron chi connectivity index (χ2n) is 38.9. The summed E-state index contributed by atoms with van der Waals surface area (Å²) in [5, 5.41) is 25.6. The van der Waals surface area contributed by atoms with Crippen LogP contribution in [0.15, 0.2) is 394 Å². The van der Waals surface area contributed by atoms with Crippen molar-refractivity contribution in [1.82, 2.24) is 9.80 Å². The van der Waals surface area contributed by atoms with Crippen LogP contribution in [-0.2, 0) is 26.1 Å². The van der Waals surface area contributed by atoms with Gasteiger partial charge in [-0.1, -0.05) is 252 Å². The summed E-state index contributed by atoms with van der Waals surface area (Å²) in [5.41, 5.74) is 17.3. The lowest BCUT2D eigenvalue weighted by Crippen LogP contribution is -2.33. The summed E-state index contributed by atoms with van der Waals surface area (Å²) < 4.78 is 59.2. The Hall–Kier alpha value is -17.9. The van der Waals surface area contributed by atoms with Crippen molar-refractivity contribution in [3.63, 3.8) is 0 Å². The van der Waals surface area contributed by atoms with Crippen LogP contribution >= 0.6 is 0 Å². The molecule has 0 amide bonds. The molecule has 22 aromatic rings. The molecule has 23 heteroatoms. The van der Waals surface area contributed by atoms with Crippen molar-refractivity contribution in [2.45, 2.75) is 92.7 Å². The molecule has 150 heavy (non-hydrogen) atoms. The number of phenols is 2. The third-order valence-corrected chi connectivity index (χ3v) is 31.3. The fourth-order valence-electron chi connectivity index (χ4n) is 19.1. The van der Waals surface area contributed by atoms with E-state index in [-0.39, 0.29) is 66.5 Å². The van der Waals surface area contributed by atoms with Crippen LogP contribution in [0.1, 0.15) is 130 Å². The highest BCUT2D eigenvalue weighted by molar-refractivity contribution is 6.59. The Morgan fingerprint density at radius 3 is 0.940 bits per heavy atom. The summed E-state index contributed by atoms with van der Waals surface area (Å²) in [5.74, 6) is 0.806. The fourth-order valence-corrected chi connectivity index (χ4v) is 19.1. The smallest absolute Gasteiger partial charge is 0.336 e. The lowest BCUT2D eigenvalue weighted by molar-refractivity contribution is 0.100. The van der Waals surface area contributed by atoms with Crippen molar-refractivity contribution >= 4 is 120 Å². The van der Waals surface area contributed by atoms with Gasteiger partial charge in [0.15, 0.2) is 23.0 Å². The van der Waals surface area contributed by atoms with E-state index in [1.54, 1.807) is 84.9 Å². The number of furan rings is 4. The lowest BCUT2D eigenvalue weighted by Gasteiger charge is -2.28. The van der Waals surface area contributed by atoms with Crippen LogP contribution in [0, 0.1) is 27.7 Å². The molecule has 746 valence electrons. The summed E-state index contributed by atoms with van der Waals surface area (Å²) in [7, 11) is -0.359. The minimum Gasteiger partial charge on any atom is -0.508 e. The SMILES string of the molecule is C[SiH](C)C(C)(C)C.Cc1cc(=O)oc2c1ccc1oc(C(=O)c3cccc(O)c3)c(-c3ccccc3)c12.Cc1cc(=O)oc2c1ccc1oc(C(=O)c3cccc(OCCN4CCc5ccccc5C4)c3)c(-c3ccccc3)c12.Cc1cc(=O)oc2c1ccc1oc(C(=O)c3cccc(OCCN4Cc5ccccc5C4)c3)c(-c3ccccc3)c12.Cc1cc(=O)oc2c1ccc1oc(C(=O)c3ccccc3)c(-c3ccc(O)cc3)c12. The third-order valence-electron chi connectivity index (χ3n) is 27.8. The van der Waals surface area contributed by atoms with Crippen LogP contribution in [0.4, 0.5) is 0 Å². The summed E-state index contributed by atoms with van der Waals surface area (Å²) in [4.78, 5) is 108. The summed E-state index contributed by atoms with van der Waals surface area (Å²) in [6, 6.07) is 102. The molecule has 0 unspecified atom stereocenters. The van der Waals surface area contributed by atoms with Gasteiger partial charge in [0.2, 0.25) is 23.1 Å². The minimum absolute atomic E-state index is 0.00899. The molecule has 14 aromatic carbocycles. The van der Waals surface area contributed by atoms with Crippen molar-refractivity contribution in [3.8, 4) is 67.5 Å². The Morgan fingerprint density at radius 1 is 0.307 bits per heavy atom. The molecule has 24 rings (SSSR count). The van der Waals surface area contributed by atoms with Gasteiger partial charge in [-0.3, -0.25) is 29.0 Å². The number of aromatic hydroxyl groups is 2. The molecule has 8 aromatic heterocycles. The van der Waals surface area contributed by atoms with Gasteiger partial charge >= 0.3 is 22.5 Å². The van der Waals surface area contributed by atoms with E-state index in [1.165, 1.54) is 70.8 Å². The van der Waals surface area contributed by atoms with Crippen LogP contribution < -0.4 is 32.0 Å². The van der Waals surface area contributed by atoms with Crippen LogP contribution in [0.5, 0.6) is 23.0 Å². The maximum atomic E-state index is 14.0. The molecule has 0 radical (unpaired) electrons. The number of aryl methyl sites for hydroxylation is 4. The van der Waals surface area contributed by atoms with Crippen molar-refractivity contribution in [2.75, 3.05) is 32.8 Å². The highest BCUT2D eigenvalue weighted by atomic mass is 28.3. The Bertz CT molecular complexity index is 9190. The number of phenolic OH excluding ortho intramolecular Hbond substituents is 2. The monoisotopic (exact) mass is 2000 g/mol. The van der Waals surface area contributed by atoms with E-state index >= 15 is 0 Å². The number of hydrogen-bond donors (Lipinski definition) is 2. The highest BCUT2D eigenvalue weighted by Gasteiger charge is 2.33. The number of hydrogen-bond acceptors (Lipinski definition) is 22.